The molecule has 0 saturated carbocycles. The van der Waals surface area contributed by atoms with Crippen LogP contribution in [0, 0.1) is 0 Å². The van der Waals surface area contributed by atoms with Crippen molar-refractivity contribution >= 4 is 57.2 Å². The van der Waals surface area contributed by atoms with Gasteiger partial charge in [-0.3, -0.25) is 0 Å². The zero-order chi connectivity index (χ0) is 45.5. The van der Waals surface area contributed by atoms with Crippen LogP contribution in [0.2, 0.25) is 0 Å². The smallest absolute Gasteiger partial charge is 0.252 e. The number of rotatable bonds is 3. The Morgan fingerprint density at radius 1 is 0.391 bits per heavy atom. The van der Waals surface area contributed by atoms with Crippen LogP contribution in [-0.4, -0.2) is 6.71 Å². The van der Waals surface area contributed by atoms with Gasteiger partial charge < -0.3 is 9.80 Å². The number of nitrogens with zero attached hydrogens (tertiary/aromatic N) is 2. The van der Waals surface area contributed by atoms with Gasteiger partial charge in [0.2, 0.25) is 0 Å². The lowest BCUT2D eigenvalue weighted by Gasteiger charge is -2.45. The molecule has 2 heterocycles. The first kappa shape index (κ1) is 42.2. The normalized spacial score (nSPS) is 15.1. The number of hydrogen-bond donors (Lipinski definition) is 0. The van der Waals surface area contributed by atoms with E-state index in [-0.39, 0.29) is 33.8 Å². The van der Waals surface area contributed by atoms with Crippen LogP contribution in [0.5, 0.6) is 0 Å². The third-order valence-electron chi connectivity index (χ3n) is 14.7. The molecule has 3 aliphatic rings. The molecule has 1 aliphatic carbocycles. The zero-order valence-electron chi connectivity index (χ0n) is 40.8. The molecule has 0 radical (unpaired) electrons. The van der Waals surface area contributed by atoms with Crippen LogP contribution >= 0.6 is 0 Å². The second-order valence-corrected chi connectivity index (χ2v) is 23.6. The summed E-state index contributed by atoms with van der Waals surface area (Å²) in [5.74, 6) is 0. The Labute approximate surface area is 384 Å². The van der Waals surface area contributed by atoms with Crippen LogP contribution in [0.4, 0.5) is 34.1 Å². The van der Waals surface area contributed by atoms with E-state index in [2.05, 4.69) is 246 Å². The van der Waals surface area contributed by atoms with E-state index >= 15 is 0 Å². The van der Waals surface area contributed by atoms with E-state index in [4.69, 9.17) is 0 Å². The minimum Gasteiger partial charge on any atom is -0.311 e. The Balaban J connectivity index is 1.28. The van der Waals surface area contributed by atoms with Crippen molar-refractivity contribution in [2.24, 2.45) is 0 Å². The predicted molar refractivity (Wildman–Crippen MR) is 278 cm³/mol. The fraction of sp³-hybridized carbons (Fsp3) is 0.311. The molecule has 0 unspecified atom stereocenters. The van der Waals surface area contributed by atoms with Crippen molar-refractivity contribution in [2.45, 2.75) is 124 Å². The molecule has 0 aromatic heterocycles. The summed E-state index contributed by atoms with van der Waals surface area (Å²) in [5.41, 5.74) is 24.7. The molecule has 10 rings (SSSR count). The Kier molecular flexibility index (Phi) is 9.29. The number of benzene rings is 7. The maximum Gasteiger partial charge on any atom is 0.252 e. The molecular weight excluding hydrogens is 771 g/mol. The highest BCUT2D eigenvalue weighted by Crippen LogP contribution is 2.53. The van der Waals surface area contributed by atoms with Crippen molar-refractivity contribution in [2.75, 3.05) is 9.80 Å². The maximum absolute atomic E-state index is 2.62. The first-order valence-electron chi connectivity index (χ1n) is 23.6. The van der Waals surface area contributed by atoms with Crippen LogP contribution in [0.25, 0.3) is 22.3 Å². The molecule has 0 bridgehead atoms. The highest BCUT2D eigenvalue weighted by atomic mass is 15.2. The molecule has 0 atom stereocenters. The van der Waals surface area contributed by atoms with E-state index in [9.17, 15) is 0 Å². The summed E-state index contributed by atoms with van der Waals surface area (Å²) in [6, 6.07) is 54.5. The molecule has 7 aromatic rings. The summed E-state index contributed by atoms with van der Waals surface area (Å²) in [6.07, 6.45) is 0. The summed E-state index contributed by atoms with van der Waals surface area (Å²) in [4.78, 5) is 5.20. The average Bonchev–Trinajstić information content (AvgIpc) is 3.47. The molecule has 7 aromatic carbocycles. The van der Waals surface area contributed by atoms with Gasteiger partial charge in [0, 0.05) is 39.5 Å². The van der Waals surface area contributed by atoms with Gasteiger partial charge in [-0.1, -0.05) is 188 Å². The summed E-state index contributed by atoms with van der Waals surface area (Å²) in [7, 11) is 0. The lowest BCUT2D eigenvalue weighted by molar-refractivity contribution is 0.589. The number of anilines is 6. The summed E-state index contributed by atoms with van der Waals surface area (Å²) in [6.45, 7) is 32.9. The van der Waals surface area contributed by atoms with Gasteiger partial charge in [0.05, 0.1) is 0 Å². The van der Waals surface area contributed by atoms with Gasteiger partial charge in [-0.05, 0) is 142 Å². The van der Waals surface area contributed by atoms with Crippen molar-refractivity contribution in [1.82, 2.24) is 0 Å². The molecule has 322 valence electrons. The molecule has 3 heteroatoms. The lowest BCUT2D eigenvalue weighted by Crippen LogP contribution is -2.61. The van der Waals surface area contributed by atoms with E-state index < -0.39 is 0 Å². The molecule has 0 amide bonds. The first-order valence-corrected chi connectivity index (χ1v) is 23.6. The molecule has 0 spiro atoms. The van der Waals surface area contributed by atoms with Crippen LogP contribution < -0.4 is 26.2 Å². The van der Waals surface area contributed by atoms with Gasteiger partial charge in [-0.2, -0.15) is 0 Å². The topological polar surface area (TPSA) is 6.48 Å². The van der Waals surface area contributed by atoms with Gasteiger partial charge in [0.1, 0.15) is 0 Å². The van der Waals surface area contributed by atoms with Crippen molar-refractivity contribution in [3.8, 4) is 22.3 Å². The highest BCUT2D eigenvalue weighted by Gasteiger charge is 2.45. The lowest BCUT2D eigenvalue weighted by atomic mass is 9.33. The monoisotopic (exact) mass is 837 g/mol. The van der Waals surface area contributed by atoms with Gasteiger partial charge in [-0.15, -0.1) is 0 Å². The zero-order valence-corrected chi connectivity index (χ0v) is 40.8. The minimum absolute atomic E-state index is 0.0131. The van der Waals surface area contributed by atoms with Gasteiger partial charge >= 0.3 is 0 Å². The van der Waals surface area contributed by atoms with Crippen LogP contribution in [0.3, 0.4) is 0 Å². The van der Waals surface area contributed by atoms with Crippen molar-refractivity contribution < 1.29 is 0 Å². The second-order valence-electron chi connectivity index (χ2n) is 23.6. The van der Waals surface area contributed by atoms with Crippen LogP contribution in [-0.2, 0) is 27.1 Å². The number of hydrogen-bond acceptors (Lipinski definition) is 2. The SMILES string of the molecule is CC(C)(C)c1ccc(N2c3ccc(C(C)(C)C)cc3B3c4ccc(C(C)(C)C)cc4N(c4cccc(-c5cccc6c5-c5ccccc5C6(C)C)c4)c4cc(C(C)(C)C)cc2c43)cc1. The van der Waals surface area contributed by atoms with Crippen LogP contribution in [0.15, 0.2) is 140 Å². The van der Waals surface area contributed by atoms with Crippen LogP contribution in [0.1, 0.15) is 130 Å². The Morgan fingerprint density at radius 2 is 0.922 bits per heavy atom. The largest absolute Gasteiger partial charge is 0.311 e. The Morgan fingerprint density at radius 3 is 1.58 bits per heavy atom. The van der Waals surface area contributed by atoms with Crippen molar-refractivity contribution in [3.63, 3.8) is 0 Å². The molecule has 0 N–H and O–H groups in total. The molecule has 2 nitrogen and oxygen atoms in total. The van der Waals surface area contributed by atoms with E-state index in [0.29, 0.717) is 0 Å². The van der Waals surface area contributed by atoms with Crippen molar-refractivity contribution in [1.29, 1.82) is 0 Å². The Bertz CT molecular complexity index is 3010. The van der Waals surface area contributed by atoms with Gasteiger partial charge in [0.15, 0.2) is 0 Å². The molecule has 0 fully saturated rings. The predicted octanol–water partition coefficient (Wildman–Crippen LogP) is 14.9. The molecule has 0 saturated heterocycles. The fourth-order valence-corrected chi connectivity index (χ4v) is 10.8. The third-order valence-corrected chi connectivity index (χ3v) is 14.7. The van der Waals surface area contributed by atoms with Crippen molar-refractivity contribution in [3.05, 3.63) is 173 Å². The summed E-state index contributed by atoms with van der Waals surface area (Å²) >= 11 is 0. The van der Waals surface area contributed by atoms with E-state index in [0.717, 1.165) is 0 Å². The molecular formula is C61H65BN2. The number of fused-ring (bicyclic) bond motifs is 7. The fourth-order valence-electron chi connectivity index (χ4n) is 10.8. The summed E-state index contributed by atoms with van der Waals surface area (Å²) in [5, 5.41) is 0. The quantitative estimate of drug-likeness (QED) is 0.164. The van der Waals surface area contributed by atoms with E-state index in [1.54, 1.807) is 0 Å². The third kappa shape index (κ3) is 6.59. The maximum atomic E-state index is 2.62. The average molecular weight is 837 g/mol. The minimum atomic E-state index is -0.106. The summed E-state index contributed by atoms with van der Waals surface area (Å²) < 4.78 is 0. The first-order chi connectivity index (χ1) is 30.0. The second kappa shape index (κ2) is 14.1. The Hall–Kier alpha value is -5.80. The highest BCUT2D eigenvalue weighted by molar-refractivity contribution is 7.00. The van der Waals surface area contributed by atoms with E-state index in [1.165, 1.54) is 106 Å². The van der Waals surface area contributed by atoms with Gasteiger partial charge in [-0.25, -0.2) is 0 Å². The van der Waals surface area contributed by atoms with Gasteiger partial charge in [0.25, 0.3) is 6.71 Å². The molecule has 2 aliphatic heterocycles. The molecule has 64 heavy (non-hydrogen) atoms. The van der Waals surface area contributed by atoms with E-state index in [1.807, 2.05) is 0 Å². The standard InChI is InChI=1S/C61H65BN2/c1-57(2,3)39-25-29-43(30-26-39)63-51-32-28-40(58(4,5)6)34-50(51)62-49-31-27-41(59(7,8)9)35-52(49)64(54-37-42(60(10,11)12)36-53(63)56(54)62)44-20-17-19-38(33-44)45-22-18-24-48-55(45)46-21-15-16-23-47(46)61(48,13)14/h15-37H,1-14H3.